The van der Waals surface area contributed by atoms with Gasteiger partial charge in [-0.2, -0.15) is 0 Å². The second-order valence-electron chi connectivity index (χ2n) is 4.99. The number of hydrogen-bond donors (Lipinski definition) is 0. The maximum Gasteiger partial charge on any atom is 0.139 e. The van der Waals surface area contributed by atoms with Gasteiger partial charge in [0, 0.05) is 22.4 Å². The summed E-state index contributed by atoms with van der Waals surface area (Å²) in [5, 5.41) is 0. The van der Waals surface area contributed by atoms with E-state index in [1.165, 1.54) is 0 Å². The summed E-state index contributed by atoms with van der Waals surface area (Å²) in [6.45, 7) is 6.03. The molecule has 0 aliphatic heterocycles. The van der Waals surface area contributed by atoms with Crippen molar-refractivity contribution >= 4 is 15.9 Å². The third-order valence-electron chi connectivity index (χ3n) is 2.16. The van der Waals surface area contributed by atoms with E-state index in [2.05, 4.69) is 25.9 Å². The van der Waals surface area contributed by atoms with Crippen molar-refractivity contribution in [3.05, 3.63) is 41.3 Å². The Labute approximate surface area is 115 Å². The molecule has 0 atom stereocenters. The van der Waals surface area contributed by atoms with Gasteiger partial charge in [0.1, 0.15) is 11.4 Å². The number of pyridine rings is 2. The van der Waals surface area contributed by atoms with Crippen LogP contribution in [0.2, 0.25) is 0 Å². The minimum Gasteiger partial charge on any atom is -0.487 e. The molecule has 0 aromatic carbocycles. The lowest BCUT2D eigenvalue weighted by Crippen LogP contribution is -2.23. The largest absolute Gasteiger partial charge is 0.487 e. The molecule has 2 rings (SSSR count). The van der Waals surface area contributed by atoms with Crippen molar-refractivity contribution in [1.82, 2.24) is 9.97 Å². The van der Waals surface area contributed by atoms with Crippen LogP contribution >= 0.6 is 15.9 Å². The molecule has 4 heteroatoms. The molecule has 18 heavy (non-hydrogen) atoms. The van der Waals surface area contributed by atoms with Crippen LogP contribution in [-0.4, -0.2) is 15.6 Å². The van der Waals surface area contributed by atoms with Crippen LogP contribution in [0.4, 0.5) is 0 Å². The first-order valence-corrected chi connectivity index (χ1v) is 6.49. The molecule has 0 fully saturated rings. The van der Waals surface area contributed by atoms with E-state index in [-0.39, 0.29) is 5.60 Å². The summed E-state index contributed by atoms with van der Waals surface area (Å²) >= 11 is 3.37. The maximum absolute atomic E-state index is 5.79. The SMILES string of the molecule is CC(C)(C)Oc1cncc(-c2ccc(Br)cn2)c1. The number of hydrogen-bond acceptors (Lipinski definition) is 3. The first-order valence-electron chi connectivity index (χ1n) is 5.70. The molecule has 94 valence electrons. The molecule has 3 nitrogen and oxygen atoms in total. The van der Waals surface area contributed by atoms with Crippen molar-refractivity contribution in [2.75, 3.05) is 0 Å². The van der Waals surface area contributed by atoms with Gasteiger partial charge in [0.15, 0.2) is 0 Å². The van der Waals surface area contributed by atoms with Crippen LogP contribution in [0.3, 0.4) is 0 Å². The van der Waals surface area contributed by atoms with Gasteiger partial charge in [-0.3, -0.25) is 9.97 Å². The zero-order valence-corrected chi connectivity index (χ0v) is 12.2. The number of ether oxygens (including phenoxy) is 1. The fourth-order valence-corrected chi connectivity index (χ4v) is 1.75. The van der Waals surface area contributed by atoms with Crippen molar-refractivity contribution in [2.45, 2.75) is 26.4 Å². The van der Waals surface area contributed by atoms with Crippen molar-refractivity contribution in [3.8, 4) is 17.0 Å². The van der Waals surface area contributed by atoms with Gasteiger partial charge in [-0.1, -0.05) is 0 Å². The zero-order chi connectivity index (χ0) is 13.2. The third kappa shape index (κ3) is 3.53. The lowest BCUT2D eigenvalue weighted by Gasteiger charge is -2.21. The molecule has 0 saturated heterocycles. The quantitative estimate of drug-likeness (QED) is 0.838. The normalized spacial score (nSPS) is 11.3. The molecule has 0 radical (unpaired) electrons. The zero-order valence-electron chi connectivity index (χ0n) is 10.6. The summed E-state index contributed by atoms with van der Waals surface area (Å²) in [6.07, 6.45) is 5.27. The number of rotatable bonds is 2. The monoisotopic (exact) mass is 306 g/mol. The Bertz CT molecular complexity index is 532. The Morgan fingerprint density at radius 1 is 1.11 bits per heavy atom. The molecule has 2 aromatic heterocycles. The molecule has 0 amide bonds. The topological polar surface area (TPSA) is 35.0 Å². The van der Waals surface area contributed by atoms with Gasteiger partial charge in [-0.15, -0.1) is 0 Å². The Hall–Kier alpha value is -1.42. The molecule has 0 bridgehead atoms. The van der Waals surface area contributed by atoms with E-state index in [1.807, 2.05) is 39.0 Å². The second-order valence-corrected chi connectivity index (χ2v) is 5.90. The van der Waals surface area contributed by atoms with E-state index in [4.69, 9.17) is 4.74 Å². The smallest absolute Gasteiger partial charge is 0.139 e. The Balaban J connectivity index is 2.29. The van der Waals surface area contributed by atoms with Gasteiger partial charge in [-0.25, -0.2) is 0 Å². The Kier molecular flexibility index (Phi) is 3.66. The Morgan fingerprint density at radius 3 is 2.50 bits per heavy atom. The van der Waals surface area contributed by atoms with E-state index < -0.39 is 0 Å². The maximum atomic E-state index is 5.79. The van der Waals surface area contributed by atoms with Crippen molar-refractivity contribution < 1.29 is 4.74 Å². The molecule has 0 unspecified atom stereocenters. The summed E-state index contributed by atoms with van der Waals surface area (Å²) in [4.78, 5) is 8.53. The minimum atomic E-state index is -0.229. The van der Waals surface area contributed by atoms with Gasteiger partial charge >= 0.3 is 0 Å². The molecular formula is C14H15BrN2O. The summed E-state index contributed by atoms with van der Waals surface area (Å²) in [6, 6.07) is 5.86. The molecule has 2 aromatic rings. The van der Waals surface area contributed by atoms with Gasteiger partial charge < -0.3 is 4.74 Å². The summed E-state index contributed by atoms with van der Waals surface area (Å²) in [5.74, 6) is 0.754. The number of nitrogens with zero attached hydrogens (tertiary/aromatic N) is 2. The first-order chi connectivity index (χ1) is 8.44. The highest BCUT2D eigenvalue weighted by molar-refractivity contribution is 9.10. The van der Waals surface area contributed by atoms with E-state index in [0.29, 0.717) is 0 Å². The molecular weight excluding hydrogens is 292 g/mol. The first kappa shape index (κ1) is 13.0. The number of aromatic nitrogens is 2. The summed E-state index contributed by atoms with van der Waals surface area (Å²) < 4.78 is 6.75. The van der Waals surface area contributed by atoms with Gasteiger partial charge in [-0.05, 0) is 54.9 Å². The van der Waals surface area contributed by atoms with E-state index in [1.54, 1.807) is 18.6 Å². The van der Waals surface area contributed by atoms with Crippen molar-refractivity contribution in [2.24, 2.45) is 0 Å². The van der Waals surface area contributed by atoms with Gasteiger partial charge in [0.2, 0.25) is 0 Å². The molecule has 0 N–H and O–H groups in total. The van der Waals surface area contributed by atoms with E-state index in [9.17, 15) is 0 Å². The van der Waals surface area contributed by atoms with E-state index >= 15 is 0 Å². The highest BCUT2D eigenvalue weighted by atomic mass is 79.9. The lowest BCUT2D eigenvalue weighted by molar-refractivity contribution is 0.130. The standard InChI is InChI=1S/C14H15BrN2O/c1-14(2,3)18-12-6-10(7-16-9-12)13-5-4-11(15)8-17-13/h4-9H,1-3H3. The van der Waals surface area contributed by atoms with Crippen molar-refractivity contribution in [1.29, 1.82) is 0 Å². The van der Waals surface area contributed by atoms with Crippen LogP contribution in [0.5, 0.6) is 5.75 Å². The fraction of sp³-hybridized carbons (Fsp3) is 0.286. The van der Waals surface area contributed by atoms with Crippen molar-refractivity contribution in [3.63, 3.8) is 0 Å². The summed E-state index contributed by atoms with van der Waals surface area (Å²) in [7, 11) is 0. The highest BCUT2D eigenvalue weighted by Crippen LogP contribution is 2.24. The minimum absolute atomic E-state index is 0.229. The predicted molar refractivity (Wildman–Crippen MR) is 75.5 cm³/mol. The van der Waals surface area contributed by atoms with Crippen LogP contribution in [0.25, 0.3) is 11.3 Å². The molecule has 0 aliphatic rings. The van der Waals surface area contributed by atoms with Gasteiger partial charge in [0.25, 0.3) is 0 Å². The molecule has 0 aliphatic carbocycles. The average molecular weight is 307 g/mol. The van der Waals surface area contributed by atoms with Crippen LogP contribution in [0.1, 0.15) is 20.8 Å². The fourth-order valence-electron chi connectivity index (χ4n) is 1.51. The molecule has 2 heterocycles. The molecule has 0 saturated carbocycles. The average Bonchev–Trinajstić information content (AvgIpc) is 2.28. The van der Waals surface area contributed by atoms with Crippen LogP contribution < -0.4 is 4.74 Å². The highest BCUT2D eigenvalue weighted by Gasteiger charge is 2.12. The van der Waals surface area contributed by atoms with E-state index in [0.717, 1.165) is 21.5 Å². The third-order valence-corrected chi connectivity index (χ3v) is 2.63. The van der Waals surface area contributed by atoms with Crippen LogP contribution in [-0.2, 0) is 0 Å². The predicted octanol–water partition coefficient (Wildman–Crippen LogP) is 4.08. The summed E-state index contributed by atoms with van der Waals surface area (Å²) in [5.41, 5.74) is 1.60. The lowest BCUT2D eigenvalue weighted by atomic mass is 10.1. The Morgan fingerprint density at radius 2 is 1.89 bits per heavy atom. The second kappa shape index (κ2) is 5.06. The van der Waals surface area contributed by atoms with Crippen LogP contribution in [0.15, 0.2) is 41.3 Å². The van der Waals surface area contributed by atoms with Crippen LogP contribution in [0, 0.1) is 0 Å². The number of halogens is 1. The molecule has 0 spiro atoms. The van der Waals surface area contributed by atoms with Gasteiger partial charge in [0.05, 0.1) is 11.9 Å².